The largest absolute Gasteiger partial charge is 0.366 e. The molecule has 1 amide bonds. The van der Waals surface area contributed by atoms with Crippen LogP contribution in [0.1, 0.15) is 23.2 Å². The predicted octanol–water partition coefficient (Wildman–Crippen LogP) is 3.56. The molecule has 7 nitrogen and oxygen atoms in total. The molecule has 0 saturated carbocycles. The van der Waals surface area contributed by atoms with E-state index >= 15 is 0 Å². The number of nitro benzene ring substituents is 1. The Morgan fingerprint density at radius 1 is 1.28 bits per heavy atom. The molecule has 0 spiro atoms. The first-order chi connectivity index (χ1) is 12.1. The molecule has 2 heterocycles. The van der Waals surface area contributed by atoms with Crippen molar-refractivity contribution in [3.05, 3.63) is 52.2 Å². The highest BCUT2D eigenvalue weighted by Gasteiger charge is 2.23. The van der Waals surface area contributed by atoms with E-state index in [1.54, 1.807) is 30.5 Å². The van der Waals surface area contributed by atoms with Gasteiger partial charge in [0.15, 0.2) is 0 Å². The van der Waals surface area contributed by atoms with Gasteiger partial charge in [0.25, 0.3) is 11.6 Å². The minimum atomic E-state index is -0.431. The normalized spacial score (nSPS) is 13.7. The molecule has 0 aliphatic carbocycles. The highest BCUT2D eigenvalue weighted by Crippen LogP contribution is 2.31. The summed E-state index contributed by atoms with van der Waals surface area (Å²) in [6.45, 7) is 1.61. The molecule has 1 aliphatic heterocycles. The van der Waals surface area contributed by atoms with E-state index in [1.165, 1.54) is 17.8 Å². The van der Waals surface area contributed by atoms with Gasteiger partial charge in [-0.15, -0.1) is 11.8 Å². The molecule has 0 unspecified atom stereocenters. The van der Waals surface area contributed by atoms with Gasteiger partial charge < -0.3 is 10.2 Å². The number of aromatic nitrogens is 1. The average molecular weight is 358 g/mol. The Morgan fingerprint density at radius 3 is 2.64 bits per heavy atom. The van der Waals surface area contributed by atoms with Crippen LogP contribution in [0.3, 0.4) is 0 Å². The third-order valence-electron chi connectivity index (χ3n) is 4.08. The lowest BCUT2D eigenvalue weighted by Gasteiger charge is -2.17. The minimum Gasteiger partial charge on any atom is -0.366 e. The number of amides is 1. The number of anilines is 2. The first-order valence-corrected chi connectivity index (χ1v) is 9.16. The van der Waals surface area contributed by atoms with Gasteiger partial charge in [0.2, 0.25) is 0 Å². The predicted molar refractivity (Wildman–Crippen MR) is 98.5 cm³/mol. The number of carbonyl (C=O) groups is 1. The van der Waals surface area contributed by atoms with E-state index in [1.807, 2.05) is 11.2 Å². The standard InChI is InChI=1S/C17H18N4O3S/c1-25-16-7-5-13(11-18-16)19-17(22)12-4-6-14(15(10-12)21(23)24)20-8-2-3-9-20/h4-7,10-11H,2-3,8-9H2,1H3,(H,19,22). The maximum Gasteiger partial charge on any atom is 0.293 e. The van der Waals surface area contributed by atoms with Gasteiger partial charge in [-0.25, -0.2) is 4.98 Å². The number of nitrogens with one attached hydrogen (secondary N) is 1. The summed E-state index contributed by atoms with van der Waals surface area (Å²) in [6, 6.07) is 8.18. The van der Waals surface area contributed by atoms with Crippen molar-refractivity contribution in [2.45, 2.75) is 17.9 Å². The van der Waals surface area contributed by atoms with Crippen LogP contribution < -0.4 is 10.2 Å². The van der Waals surface area contributed by atoms with Crippen LogP contribution in [0.15, 0.2) is 41.6 Å². The molecule has 8 heteroatoms. The van der Waals surface area contributed by atoms with Crippen molar-refractivity contribution >= 4 is 34.7 Å². The molecule has 2 aromatic rings. The molecule has 1 aromatic carbocycles. The summed E-state index contributed by atoms with van der Waals surface area (Å²) in [4.78, 5) is 29.6. The molecule has 1 aromatic heterocycles. The Hall–Kier alpha value is -2.61. The number of nitrogens with zero attached hydrogens (tertiary/aromatic N) is 3. The van der Waals surface area contributed by atoms with Crippen LogP contribution in [0.5, 0.6) is 0 Å². The van der Waals surface area contributed by atoms with E-state index in [0.29, 0.717) is 11.4 Å². The number of carbonyl (C=O) groups excluding carboxylic acids is 1. The summed E-state index contributed by atoms with van der Waals surface area (Å²) in [5, 5.41) is 15.0. The third-order valence-corrected chi connectivity index (χ3v) is 4.74. The zero-order valence-corrected chi connectivity index (χ0v) is 14.6. The summed E-state index contributed by atoms with van der Waals surface area (Å²) in [5.41, 5.74) is 1.34. The fourth-order valence-corrected chi connectivity index (χ4v) is 3.18. The second-order valence-corrected chi connectivity index (χ2v) is 6.52. The second kappa shape index (κ2) is 7.52. The van der Waals surface area contributed by atoms with Crippen molar-refractivity contribution < 1.29 is 9.72 Å². The quantitative estimate of drug-likeness (QED) is 0.499. The maximum atomic E-state index is 12.4. The average Bonchev–Trinajstić information content (AvgIpc) is 3.16. The van der Waals surface area contributed by atoms with E-state index in [4.69, 9.17) is 0 Å². The molecule has 1 saturated heterocycles. The van der Waals surface area contributed by atoms with E-state index in [0.717, 1.165) is 31.0 Å². The monoisotopic (exact) mass is 358 g/mol. The lowest BCUT2D eigenvalue weighted by molar-refractivity contribution is -0.384. The van der Waals surface area contributed by atoms with E-state index in [9.17, 15) is 14.9 Å². The summed E-state index contributed by atoms with van der Waals surface area (Å²) in [5.74, 6) is -0.394. The summed E-state index contributed by atoms with van der Waals surface area (Å²) in [6.07, 6.45) is 5.54. The van der Waals surface area contributed by atoms with Crippen LogP contribution in [0.25, 0.3) is 0 Å². The summed E-state index contributed by atoms with van der Waals surface area (Å²) in [7, 11) is 0. The van der Waals surface area contributed by atoms with Crippen molar-refractivity contribution in [3.8, 4) is 0 Å². The van der Waals surface area contributed by atoms with E-state index < -0.39 is 10.8 Å². The van der Waals surface area contributed by atoms with E-state index in [2.05, 4.69) is 10.3 Å². The van der Waals surface area contributed by atoms with Gasteiger partial charge in [-0.2, -0.15) is 0 Å². The fourth-order valence-electron chi connectivity index (χ4n) is 2.81. The van der Waals surface area contributed by atoms with Crippen LogP contribution in [0.4, 0.5) is 17.1 Å². The second-order valence-electron chi connectivity index (χ2n) is 5.70. The lowest BCUT2D eigenvalue weighted by Crippen LogP contribution is -2.19. The smallest absolute Gasteiger partial charge is 0.293 e. The van der Waals surface area contributed by atoms with Crippen molar-refractivity contribution in [2.24, 2.45) is 0 Å². The van der Waals surface area contributed by atoms with Crippen molar-refractivity contribution in [2.75, 3.05) is 29.6 Å². The Kier molecular flexibility index (Phi) is 5.18. The van der Waals surface area contributed by atoms with Gasteiger partial charge in [-0.3, -0.25) is 14.9 Å². The number of thioether (sulfide) groups is 1. The first kappa shape index (κ1) is 17.2. The molecule has 0 radical (unpaired) electrons. The van der Waals surface area contributed by atoms with Crippen LogP contribution in [0, 0.1) is 10.1 Å². The number of hydrogen-bond donors (Lipinski definition) is 1. The number of pyridine rings is 1. The highest BCUT2D eigenvalue weighted by molar-refractivity contribution is 7.98. The Labute approximate surface area is 149 Å². The highest BCUT2D eigenvalue weighted by atomic mass is 32.2. The molecule has 130 valence electrons. The van der Waals surface area contributed by atoms with Gasteiger partial charge in [0.1, 0.15) is 5.69 Å². The summed E-state index contributed by atoms with van der Waals surface area (Å²) >= 11 is 1.51. The van der Waals surface area contributed by atoms with Crippen molar-refractivity contribution in [3.63, 3.8) is 0 Å². The third kappa shape index (κ3) is 3.90. The molecule has 0 bridgehead atoms. The lowest BCUT2D eigenvalue weighted by atomic mass is 10.1. The van der Waals surface area contributed by atoms with E-state index in [-0.39, 0.29) is 11.3 Å². The molecule has 0 atom stereocenters. The molecular weight excluding hydrogens is 340 g/mol. The minimum absolute atomic E-state index is 0.0367. The van der Waals surface area contributed by atoms with Gasteiger partial charge >= 0.3 is 0 Å². The van der Waals surface area contributed by atoms with Gasteiger partial charge in [-0.1, -0.05) is 0 Å². The molecule has 3 rings (SSSR count). The molecule has 25 heavy (non-hydrogen) atoms. The van der Waals surface area contributed by atoms with Gasteiger partial charge in [0, 0.05) is 24.7 Å². The Morgan fingerprint density at radius 2 is 2.04 bits per heavy atom. The molecule has 1 aliphatic rings. The summed E-state index contributed by atoms with van der Waals surface area (Å²) < 4.78 is 0. The van der Waals surface area contributed by atoms with Crippen molar-refractivity contribution in [1.82, 2.24) is 4.98 Å². The molecular formula is C17H18N4O3S. The van der Waals surface area contributed by atoms with Crippen LogP contribution in [-0.2, 0) is 0 Å². The van der Waals surface area contributed by atoms with Gasteiger partial charge in [0.05, 0.1) is 21.8 Å². The van der Waals surface area contributed by atoms with Crippen LogP contribution in [-0.4, -0.2) is 35.2 Å². The Balaban J connectivity index is 1.82. The van der Waals surface area contributed by atoms with Crippen molar-refractivity contribution in [1.29, 1.82) is 0 Å². The SMILES string of the molecule is CSc1ccc(NC(=O)c2ccc(N3CCCC3)c([N+](=O)[O-])c2)cn1. The number of nitro groups is 1. The number of rotatable bonds is 5. The zero-order chi connectivity index (χ0) is 17.8. The first-order valence-electron chi connectivity index (χ1n) is 7.93. The van der Waals surface area contributed by atoms with Gasteiger partial charge in [-0.05, 0) is 43.4 Å². The van der Waals surface area contributed by atoms with Crippen LogP contribution in [0.2, 0.25) is 0 Å². The number of hydrogen-bond acceptors (Lipinski definition) is 6. The topological polar surface area (TPSA) is 88.4 Å². The molecule has 1 fully saturated rings. The van der Waals surface area contributed by atoms with Crippen LogP contribution >= 0.6 is 11.8 Å². The number of benzene rings is 1. The fraction of sp³-hybridized carbons (Fsp3) is 0.294. The zero-order valence-electron chi connectivity index (χ0n) is 13.8. The molecule has 1 N–H and O–H groups in total. The Bertz CT molecular complexity index is 789. The maximum absolute atomic E-state index is 12.4.